The molecule has 28 heavy (non-hydrogen) atoms. The van der Waals surface area contributed by atoms with Gasteiger partial charge < -0.3 is 4.90 Å². The number of nitrogens with zero attached hydrogens (tertiary/aromatic N) is 2. The van der Waals surface area contributed by atoms with Crippen LogP contribution in [0.3, 0.4) is 0 Å². The van der Waals surface area contributed by atoms with Crippen molar-refractivity contribution >= 4 is 39.9 Å². The number of hydrogen-bond donors (Lipinski definition) is 0. The van der Waals surface area contributed by atoms with E-state index in [1.54, 1.807) is 7.05 Å². The Labute approximate surface area is 175 Å². The summed E-state index contributed by atoms with van der Waals surface area (Å²) in [5.74, 6) is -0.0332. The van der Waals surface area contributed by atoms with Gasteiger partial charge in [-0.25, -0.2) is 0 Å². The number of amides is 1. The molecule has 0 atom stereocenters. The highest BCUT2D eigenvalue weighted by Crippen LogP contribution is 2.48. The maximum absolute atomic E-state index is 12.3. The highest BCUT2D eigenvalue weighted by Gasteiger charge is 2.38. The Balaban J connectivity index is 1.73. The van der Waals surface area contributed by atoms with Crippen LogP contribution in [-0.4, -0.2) is 29.2 Å². The number of rotatable bonds is 2. The Bertz CT molecular complexity index is 1040. The molecular weight excluding hydrogens is 384 g/mol. The summed E-state index contributed by atoms with van der Waals surface area (Å²) in [6, 6.07) is 17.1. The normalized spacial score (nSPS) is 21.1. The van der Waals surface area contributed by atoms with Crippen LogP contribution in [0.5, 0.6) is 0 Å². The molecule has 0 radical (unpaired) electrons. The molecule has 0 spiro atoms. The zero-order valence-corrected chi connectivity index (χ0v) is 18.0. The summed E-state index contributed by atoms with van der Waals surface area (Å²) in [6.07, 6.45) is 3.96. The van der Waals surface area contributed by atoms with Crippen molar-refractivity contribution in [1.29, 1.82) is 0 Å². The Hall–Kier alpha value is -2.37. The fourth-order valence-corrected chi connectivity index (χ4v) is 4.98. The van der Waals surface area contributed by atoms with Crippen LogP contribution < -0.4 is 4.90 Å². The standard InChI is InChI=1S/C23H22N2OS2/c1-23(2)17-14-16(15-8-6-5-7-9-15)10-11-18(17)24(3)20(23)13-12-19-21(26)25(4)22(27)28-19/h5-14H,1-4H3/b19-12-,20-13-. The Morgan fingerprint density at radius 1 is 0.964 bits per heavy atom. The van der Waals surface area contributed by atoms with Gasteiger partial charge in [-0.2, -0.15) is 0 Å². The lowest BCUT2D eigenvalue weighted by atomic mass is 9.82. The van der Waals surface area contributed by atoms with E-state index < -0.39 is 0 Å². The topological polar surface area (TPSA) is 23.6 Å². The average molecular weight is 407 g/mol. The van der Waals surface area contributed by atoms with E-state index in [4.69, 9.17) is 12.2 Å². The molecule has 0 aromatic heterocycles. The van der Waals surface area contributed by atoms with Crippen LogP contribution in [0.1, 0.15) is 19.4 Å². The molecule has 4 rings (SSSR count). The maximum Gasteiger partial charge on any atom is 0.265 e. The molecule has 0 saturated carbocycles. The van der Waals surface area contributed by atoms with Gasteiger partial charge in [0.05, 0.1) is 4.91 Å². The van der Waals surface area contributed by atoms with Gasteiger partial charge in [0.2, 0.25) is 0 Å². The number of fused-ring (bicyclic) bond motifs is 1. The van der Waals surface area contributed by atoms with Crippen LogP contribution in [-0.2, 0) is 10.2 Å². The fraction of sp³-hybridized carbons (Fsp3) is 0.217. The summed E-state index contributed by atoms with van der Waals surface area (Å²) in [6.45, 7) is 4.46. The van der Waals surface area contributed by atoms with Gasteiger partial charge in [-0.15, -0.1) is 0 Å². The van der Waals surface area contributed by atoms with Crippen molar-refractivity contribution in [1.82, 2.24) is 4.90 Å². The number of hydrogen-bond acceptors (Lipinski definition) is 4. The first-order valence-electron chi connectivity index (χ1n) is 9.16. The van der Waals surface area contributed by atoms with Crippen molar-refractivity contribution in [3.05, 3.63) is 76.8 Å². The Morgan fingerprint density at radius 3 is 2.32 bits per heavy atom. The van der Waals surface area contributed by atoms with Crippen LogP contribution in [0.15, 0.2) is 71.3 Å². The summed E-state index contributed by atoms with van der Waals surface area (Å²) in [5, 5.41) is 0. The molecule has 142 valence electrons. The van der Waals surface area contributed by atoms with Gasteiger partial charge in [-0.3, -0.25) is 9.69 Å². The minimum atomic E-state index is -0.162. The zero-order chi connectivity index (χ0) is 20.1. The second-order valence-electron chi connectivity index (χ2n) is 7.60. The number of thiocarbonyl (C=S) groups is 1. The zero-order valence-electron chi connectivity index (χ0n) is 16.4. The van der Waals surface area contributed by atoms with E-state index in [-0.39, 0.29) is 11.3 Å². The van der Waals surface area contributed by atoms with E-state index in [2.05, 4.69) is 74.3 Å². The van der Waals surface area contributed by atoms with E-state index >= 15 is 0 Å². The Kier molecular flexibility index (Phi) is 4.68. The number of thioether (sulfide) groups is 1. The first-order valence-corrected chi connectivity index (χ1v) is 10.4. The molecule has 1 saturated heterocycles. The van der Waals surface area contributed by atoms with Gasteiger partial charge in [0.15, 0.2) is 0 Å². The molecule has 0 aliphatic carbocycles. The summed E-state index contributed by atoms with van der Waals surface area (Å²) < 4.78 is 0.601. The van der Waals surface area contributed by atoms with Gasteiger partial charge in [-0.05, 0) is 41.0 Å². The maximum atomic E-state index is 12.3. The van der Waals surface area contributed by atoms with E-state index in [0.29, 0.717) is 9.23 Å². The van der Waals surface area contributed by atoms with E-state index in [9.17, 15) is 4.79 Å². The number of allylic oxidation sites excluding steroid dienone is 3. The molecule has 1 fully saturated rings. The van der Waals surface area contributed by atoms with E-state index in [1.807, 2.05) is 12.1 Å². The smallest absolute Gasteiger partial charge is 0.265 e. The highest BCUT2D eigenvalue weighted by molar-refractivity contribution is 8.26. The average Bonchev–Trinajstić information content (AvgIpc) is 3.05. The minimum absolute atomic E-state index is 0.0332. The van der Waals surface area contributed by atoms with Crippen molar-refractivity contribution in [2.75, 3.05) is 19.0 Å². The lowest BCUT2D eigenvalue weighted by molar-refractivity contribution is -0.121. The SMILES string of the molecule is CN1C(=O)/C(=C/C=C2\N(C)c3ccc(-c4ccccc4)cc3C2(C)C)SC1=S. The number of carbonyl (C=O) groups excluding carboxylic acids is 1. The number of carbonyl (C=O) groups is 1. The first-order chi connectivity index (χ1) is 13.3. The molecule has 2 aromatic rings. The van der Waals surface area contributed by atoms with Crippen LogP contribution in [0.2, 0.25) is 0 Å². The van der Waals surface area contributed by atoms with E-state index in [1.165, 1.54) is 39.0 Å². The summed E-state index contributed by atoms with van der Waals surface area (Å²) in [7, 11) is 3.80. The van der Waals surface area contributed by atoms with Crippen molar-refractivity contribution in [2.24, 2.45) is 0 Å². The highest BCUT2D eigenvalue weighted by atomic mass is 32.2. The van der Waals surface area contributed by atoms with Crippen molar-refractivity contribution in [3.8, 4) is 11.1 Å². The summed E-state index contributed by atoms with van der Waals surface area (Å²) >= 11 is 6.58. The molecule has 3 nitrogen and oxygen atoms in total. The van der Waals surface area contributed by atoms with Gasteiger partial charge in [-0.1, -0.05) is 74.2 Å². The Morgan fingerprint density at radius 2 is 1.68 bits per heavy atom. The molecule has 2 aliphatic heterocycles. The molecule has 2 aromatic carbocycles. The van der Waals surface area contributed by atoms with Gasteiger partial charge in [0.1, 0.15) is 4.32 Å². The lowest BCUT2D eigenvalue weighted by Crippen LogP contribution is -2.23. The van der Waals surface area contributed by atoms with Crippen LogP contribution in [0.25, 0.3) is 11.1 Å². The van der Waals surface area contributed by atoms with Gasteiger partial charge >= 0.3 is 0 Å². The van der Waals surface area contributed by atoms with Crippen LogP contribution >= 0.6 is 24.0 Å². The molecule has 2 heterocycles. The van der Waals surface area contributed by atoms with Crippen LogP contribution in [0, 0.1) is 0 Å². The quantitative estimate of drug-likeness (QED) is 0.496. The second-order valence-corrected chi connectivity index (χ2v) is 9.27. The van der Waals surface area contributed by atoms with E-state index in [0.717, 1.165) is 5.70 Å². The second kappa shape index (κ2) is 6.90. The predicted octanol–water partition coefficient (Wildman–Crippen LogP) is 5.34. The molecule has 0 bridgehead atoms. The molecule has 2 aliphatic rings. The first kappa shape index (κ1) is 19.0. The van der Waals surface area contributed by atoms with Crippen molar-refractivity contribution in [3.63, 3.8) is 0 Å². The predicted molar refractivity (Wildman–Crippen MR) is 122 cm³/mol. The molecule has 1 amide bonds. The molecular formula is C23H22N2OS2. The summed E-state index contributed by atoms with van der Waals surface area (Å²) in [4.78, 5) is 16.7. The third-order valence-corrected chi connectivity index (χ3v) is 7.02. The minimum Gasteiger partial charge on any atom is -0.347 e. The number of anilines is 1. The molecule has 5 heteroatoms. The number of benzene rings is 2. The third kappa shape index (κ3) is 2.99. The van der Waals surface area contributed by atoms with Gasteiger partial charge in [0, 0.05) is 30.9 Å². The van der Waals surface area contributed by atoms with Crippen molar-refractivity contribution < 1.29 is 4.79 Å². The molecule has 0 unspecified atom stereocenters. The third-order valence-electron chi connectivity index (χ3n) is 5.52. The monoisotopic (exact) mass is 406 g/mol. The lowest BCUT2D eigenvalue weighted by Gasteiger charge is -2.23. The molecule has 0 N–H and O–H groups in total. The number of likely N-dealkylation sites (N-methyl/N-ethyl adjacent to an activating group) is 2. The largest absolute Gasteiger partial charge is 0.347 e. The summed E-state index contributed by atoms with van der Waals surface area (Å²) in [5.41, 5.74) is 5.92. The van der Waals surface area contributed by atoms with Gasteiger partial charge in [0.25, 0.3) is 5.91 Å². The van der Waals surface area contributed by atoms with Crippen molar-refractivity contribution in [2.45, 2.75) is 19.3 Å². The van der Waals surface area contributed by atoms with Crippen LogP contribution in [0.4, 0.5) is 5.69 Å². The fourth-order valence-electron chi connectivity index (χ4n) is 3.86.